The van der Waals surface area contributed by atoms with Crippen molar-refractivity contribution in [2.45, 2.75) is 64.0 Å². The number of hydrogen-bond acceptors (Lipinski definition) is 4. The number of rotatable bonds is 6. The van der Waals surface area contributed by atoms with Gasteiger partial charge in [0.1, 0.15) is 0 Å². The van der Waals surface area contributed by atoms with Crippen LogP contribution in [-0.4, -0.2) is 79.0 Å². The number of hydrogen-bond donors (Lipinski definition) is 0. The molecule has 2 heterocycles. The lowest BCUT2D eigenvalue weighted by Gasteiger charge is -2.45. The maximum absolute atomic E-state index is 13.8. The smallest absolute Gasteiger partial charge is 0.228 e. The average Bonchev–Trinajstić information content (AvgIpc) is 2.84. The summed E-state index contributed by atoms with van der Waals surface area (Å²) in [5, 5.41) is 0. The van der Waals surface area contributed by atoms with E-state index in [-0.39, 0.29) is 23.8 Å². The molecule has 0 radical (unpaired) electrons. The van der Waals surface area contributed by atoms with Crippen LogP contribution in [0.25, 0.3) is 0 Å². The van der Waals surface area contributed by atoms with E-state index < -0.39 is 0 Å². The van der Waals surface area contributed by atoms with Gasteiger partial charge >= 0.3 is 0 Å². The highest BCUT2D eigenvalue weighted by Gasteiger charge is 2.42. The van der Waals surface area contributed by atoms with Gasteiger partial charge in [0.05, 0.1) is 18.6 Å². The zero-order valence-corrected chi connectivity index (χ0v) is 19.8. The Morgan fingerprint density at radius 2 is 1.69 bits per heavy atom. The minimum absolute atomic E-state index is 0.124. The van der Waals surface area contributed by atoms with Crippen LogP contribution >= 0.6 is 0 Å². The van der Waals surface area contributed by atoms with Gasteiger partial charge in [-0.25, -0.2) is 0 Å². The fraction of sp³-hybridized carbons (Fsp3) is 0.692. The summed E-state index contributed by atoms with van der Waals surface area (Å²) < 4.78 is 5.28. The number of nitrogens with zero attached hydrogens (tertiary/aromatic N) is 3. The van der Waals surface area contributed by atoms with E-state index in [2.05, 4.69) is 41.0 Å². The first-order chi connectivity index (χ1) is 15.6. The third-order valence-corrected chi connectivity index (χ3v) is 7.70. The van der Waals surface area contributed by atoms with Gasteiger partial charge in [0, 0.05) is 52.3 Å². The Kier molecular flexibility index (Phi) is 7.84. The second-order valence-corrected chi connectivity index (χ2v) is 9.73. The molecule has 4 rings (SSSR count). The highest BCUT2D eigenvalue weighted by atomic mass is 16.5. The second-order valence-electron chi connectivity index (χ2n) is 9.73. The summed E-state index contributed by atoms with van der Waals surface area (Å²) in [4.78, 5) is 33.2. The van der Waals surface area contributed by atoms with Crippen LogP contribution < -0.4 is 0 Å². The lowest BCUT2D eigenvalue weighted by Crippen LogP contribution is -2.56. The van der Waals surface area contributed by atoms with Crippen molar-refractivity contribution in [2.75, 3.05) is 46.4 Å². The summed E-state index contributed by atoms with van der Waals surface area (Å²) in [6.45, 7) is 6.63. The van der Waals surface area contributed by atoms with Crippen molar-refractivity contribution < 1.29 is 14.3 Å². The van der Waals surface area contributed by atoms with Gasteiger partial charge in [-0.3, -0.25) is 14.5 Å². The van der Waals surface area contributed by atoms with Crippen molar-refractivity contribution in [3.63, 3.8) is 0 Å². The summed E-state index contributed by atoms with van der Waals surface area (Å²) >= 11 is 0. The van der Waals surface area contributed by atoms with Crippen LogP contribution in [0.2, 0.25) is 0 Å². The minimum atomic E-state index is -0.212. The molecule has 3 aliphatic rings. The first kappa shape index (κ1) is 23.2. The number of amides is 2. The van der Waals surface area contributed by atoms with Crippen molar-refractivity contribution in [3.05, 3.63) is 35.4 Å². The molecule has 0 unspecified atom stereocenters. The average molecular weight is 442 g/mol. The van der Waals surface area contributed by atoms with Crippen molar-refractivity contribution in [1.29, 1.82) is 0 Å². The van der Waals surface area contributed by atoms with E-state index in [1.807, 2.05) is 4.90 Å². The van der Waals surface area contributed by atoms with Crippen molar-refractivity contribution >= 4 is 11.8 Å². The van der Waals surface area contributed by atoms with Crippen LogP contribution in [0.3, 0.4) is 0 Å². The zero-order chi connectivity index (χ0) is 22.5. The van der Waals surface area contributed by atoms with Crippen molar-refractivity contribution in [1.82, 2.24) is 14.7 Å². The lowest BCUT2D eigenvalue weighted by atomic mass is 9.82. The zero-order valence-electron chi connectivity index (χ0n) is 19.8. The molecule has 1 saturated carbocycles. The molecule has 2 atom stereocenters. The number of carbonyl (C=O) groups excluding carboxylic acids is 2. The van der Waals surface area contributed by atoms with E-state index in [9.17, 15) is 9.59 Å². The van der Waals surface area contributed by atoms with Gasteiger partial charge < -0.3 is 14.5 Å². The van der Waals surface area contributed by atoms with Gasteiger partial charge in [-0.15, -0.1) is 0 Å². The number of benzene rings is 1. The molecular weight excluding hydrogens is 402 g/mol. The number of piperidine rings is 1. The number of ether oxygens (including phenoxy) is 1. The molecule has 2 amide bonds. The minimum Gasteiger partial charge on any atom is -0.383 e. The van der Waals surface area contributed by atoms with Gasteiger partial charge in [-0.2, -0.15) is 0 Å². The summed E-state index contributed by atoms with van der Waals surface area (Å²) in [7, 11) is 1.66. The lowest BCUT2D eigenvalue weighted by molar-refractivity contribution is -0.150. The first-order valence-electron chi connectivity index (χ1n) is 12.5. The fourth-order valence-corrected chi connectivity index (χ4v) is 5.83. The maximum Gasteiger partial charge on any atom is 0.228 e. The Bertz CT molecular complexity index is 767. The van der Waals surface area contributed by atoms with E-state index >= 15 is 0 Å². The molecule has 2 saturated heterocycles. The Balaban J connectivity index is 1.48. The van der Waals surface area contributed by atoms with E-state index in [1.54, 1.807) is 7.11 Å². The molecule has 32 heavy (non-hydrogen) atoms. The molecule has 6 heteroatoms. The van der Waals surface area contributed by atoms with Crippen LogP contribution in [-0.2, 0) is 14.3 Å². The summed E-state index contributed by atoms with van der Waals surface area (Å²) in [5.74, 6) is 0.154. The Morgan fingerprint density at radius 3 is 2.34 bits per heavy atom. The highest BCUT2D eigenvalue weighted by molar-refractivity contribution is 5.85. The van der Waals surface area contributed by atoms with Crippen LogP contribution in [0.15, 0.2) is 24.3 Å². The number of methoxy groups -OCH3 is 1. The number of aryl methyl sites for hydroxylation is 1. The van der Waals surface area contributed by atoms with Gasteiger partial charge in [0.15, 0.2) is 0 Å². The summed E-state index contributed by atoms with van der Waals surface area (Å²) in [6.07, 6.45) is 7.73. The highest BCUT2D eigenvalue weighted by Crippen LogP contribution is 2.38. The topological polar surface area (TPSA) is 53.1 Å². The Morgan fingerprint density at radius 1 is 1.00 bits per heavy atom. The molecule has 6 nitrogen and oxygen atoms in total. The normalized spacial score (nSPS) is 25.9. The largest absolute Gasteiger partial charge is 0.383 e. The van der Waals surface area contributed by atoms with Crippen LogP contribution in [0.5, 0.6) is 0 Å². The molecule has 2 aliphatic heterocycles. The predicted octanol–water partition coefficient (Wildman–Crippen LogP) is 3.40. The SMILES string of the molecule is COCCN1C(=O)CC[C@@H](C(=O)N2CCN(C3CCCCC3)CC2)[C@H]1c1ccc(C)cc1. The van der Waals surface area contributed by atoms with Gasteiger partial charge in [-0.1, -0.05) is 49.1 Å². The monoisotopic (exact) mass is 441 g/mol. The number of piperazine rings is 1. The standard InChI is InChI=1S/C26H39N3O3/c1-20-8-10-21(11-9-20)25-23(12-13-24(30)29(25)18-19-32-2)26(31)28-16-14-27(15-17-28)22-6-4-3-5-7-22/h8-11,22-23,25H,3-7,12-19H2,1-2H3/t23-,25-/m1/s1. The van der Waals surface area contributed by atoms with Crippen LogP contribution in [0.4, 0.5) is 0 Å². The van der Waals surface area contributed by atoms with Gasteiger partial charge in [-0.05, 0) is 31.7 Å². The quantitative estimate of drug-likeness (QED) is 0.679. The summed E-state index contributed by atoms with van der Waals surface area (Å²) in [6, 6.07) is 8.81. The molecule has 176 valence electrons. The summed E-state index contributed by atoms with van der Waals surface area (Å²) in [5.41, 5.74) is 2.24. The number of likely N-dealkylation sites (tertiary alicyclic amines) is 1. The molecule has 1 aliphatic carbocycles. The molecule has 3 fully saturated rings. The van der Waals surface area contributed by atoms with Crippen molar-refractivity contribution in [2.24, 2.45) is 5.92 Å². The van der Waals surface area contributed by atoms with E-state index in [0.717, 1.165) is 31.7 Å². The van der Waals surface area contributed by atoms with E-state index in [4.69, 9.17) is 4.74 Å². The third kappa shape index (κ3) is 5.18. The molecule has 0 spiro atoms. The van der Waals surface area contributed by atoms with Gasteiger partial charge in [0.25, 0.3) is 0 Å². The second kappa shape index (κ2) is 10.8. The molecule has 1 aromatic rings. The van der Waals surface area contributed by atoms with E-state index in [1.165, 1.54) is 37.7 Å². The Hall–Kier alpha value is -1.92. The number of carbonyl (C=O) groups is 2. The van der Waals surface area contributed by atoms with Crippen LogP contribution in [0, 0.1) is 12.8 Å². The first-order valence-corrected chi connectivity index (χ1v) is 12.5. The Labute approximate surface area is 192 Å². The third-order valence-electron chi connectivity index (χ3n) is 7.70. The van der Waals surface area contributed by atoms with Crippen LogP contribution in [0.1, 0.15) is 62.1 Å². The van der Waals surface area contributed by atoms with Gasteiger partial charge in [0.2, 0.25) is 11.8 Å². The molecular formula is C26H39N3O3. The molecule has 0 aromatic heterocycles. The van der Waals surface area contributed by atoms with Crippen molar-refractivity contribution in [3.8, 4) is 0 Å². The fourth-order valence-electron chi connectivity index (χ4n) is 5.83. The maximum atomic E-state index is 13.8. The molecule has 1 aromatic carbocycles. The molecule has 0 bridgehead atoms. The van der Waals surface area contributed by atoms with E-state index in [0.29, 0.717) is 32.0 Å². The predicted molar refractivity (Wildman–Crippen MR) is 125 cm³/mol. The molecule has 0 N–H and O–H groups in total.